The van der Waals surface area contributed by atoms with Crippen molar-refractivity contribution in [3.63, 3.8) is 0 Å². The van der Waals surface area contributed by atoms with E-state index in [-0.39, 0.29) is 17.8 Å². The number of nitrogens with one attached hydrogen (secondary N) is 1. The molecule has 0 aliphatic carbocycles. The average Bonchev–Trinajstić information content (AvgIpc) is 3.23. The molecule has 2 aromatic rings. The van der Waals surface area contributed by atoms with Gasteiger partial charge >= 0.3 is 5.97 Å². The summed E-state index contributed by atoms with van der Waals surface area (Å²) in [7, 11) is 1.50. The third kappa shape index (κ3) is 5.38. The SMILES string of the molecule is COc1ccc(C(C)(C)C)cc1NC(=O)COC(=O)C(C#N)=Cc1ccc2c(c1)OCO2. The third-order valence-electron chi connectivity index (χ3n) is 4.72. The van der Waals surface area contributed by atoms with Crippen LogP contribution in [0.3, 0.4) is 0 Å². The van der Waals surface area contributed by atoms with Gasteiger partial charge in [-0.15, -0.1) is 0 Å². The van der Waals surface area contributed by atoms with Crippen LogP contribution in [0.25, 0.3) is 6.08 Å². The first-order chi connectivity index (χ1) is 15.2. The van der Waals surface area contributed by atoms with E-state index in [0.29, 0.717) is 28.5 Å². The number of nitriles is 1. The molecule has 0 fully saturated rings. The predicted molar refractivity (Wildman–Crippen MR) is 117 cm³/mol. The van der Waals surface area contributed by atoms with E-state index in [9.17, 15) is 14.9 Å². The Balaban J connectivity index is 1.65. The van der Waals surface area contributed by atoms with E-state index in [2.05, 4.69) is 26.1 Å². The number of methoxy groups -OCH3 is 1. The number of benzene rings is 2. The van der Waals surface area contributed by atoms with Crippen LogP contribution in [0.5, 0.6) is 17.2 Å². The van der Waals surface area contributed by atoms with Crippen LogP contribution in [0.15, 0.2) is 42.0 Å². The van der Waals surface area contributed by atoms with Gasteiger partial charge in [0.05, 0.1) is 12.8 Å². The van der Waals surface area contributed by atoms with E-state index in [1.54, 1.807) is 30.3 Å². The van der Waals surface area contributed by atoms with Crippen LogP contribution >= 0.6 is 0 Å². The first-order valence-electron chi connectivity index (χ1n) is 9.88. The number of anilines is 1. The number of carbonyl (C=O) groups excluding carboxylic acids is 2. The van der Waals surface area contributed by atoms with Gasteiger partial charge < -0.3 is 24.3 Å². The van der Waals surface area contributed by atoms with Gasteiger partial charge in [-0.3, -0.25) is 4.79 Å². The molecule has 166 valence electrons. The van der Waals surface area contributed by atoms with Crippen molar-refractivity contribution in [3.05, 3.63) is 53.1 Å². The molecule has 0 atom stereocenters. The normalized spacial score (nSPS) is 12.7. The smallest absolute Gasteiger partial charge is 0.349 e. The van der Waals surface area contributed by atoms with Gasteiger partial charge in [0.25, 0.3) is 5.91 Å². The molecule has 0 saturated heterocycles. The lowest BCUT2D eigenvalue weighted by molar-refractivity contribution is -0.142. The average molecular weight is 436 g/mol. The highest BCUT2D eigenvalue weighted by molar-refractivity contribution is 6.00. The molecule has 1 amide bonds. The number of esters is 1. The topological polar surface area (TPSA) is 107 Å². The molecular weight excluding hydrogens is 412 g/mol. The predicted octanol–water partition coefficient (Wildman–Crippen LogP) is 3.81. The summed E-state index contributed by atoms with van der Waals surface area (Å²) in [6, 6.07) is 12.3. The minimum Gasteiger partial charge on any atom is -0.495 e. The molecule has 0 aromatic heterocycles. The Morgan fingerprint density at radius 1 is 1.16 bits per heavy atom. The van der Waals surface area contributed by atoms with Crippen LogP contribution in [0.2, 0.25) is 0 Å². The molecule has 8 heteroatoms. The highest BCUT2D eigenvalue weighted by Crippen LogP contribution is 2.33. The van der Waals surface area contributed by atoms with Crippen molar-refractivity contribution >= 4 is 23.6 Å². The molecule has 1 aliphatic heterocycles. The van der Waals surface area contributed by atoms with Crippen molar-refractivity contribution < 1.29 is 28.5 Å². The van der Waals surface area contributed by atoms with E-state index >= 15 is 0 Å². The zero-order valence-corrected chi connectivity index (χ0v) is 18.4. The zero-order chi connectivity index (χ0) is 23.3. The maximum absolute atomic E-state index is 12.4. The van der Waals surface area contributed by atoms with Gasteiger partial charge in [-0.1, -0.05) is 32.9 Å². The third-order valence-corrected chi connectivity index (χ3v) is 4.72. The van der Waals surface area contributed by atoms with E-state index in [1.807, 2.05) is 12.1 Å². The van der Waals surface area contributed by atoms with Crippen LogP contribution in [0, 0.1) is 11.3 Å². The fourth-order valence-electron chi connectivity index (χ4n) is 2.97. The van der Waals surface area contributed by atoms with Crippen LogP contribution < -0.4 is 19.5 Å². The molecule has 1 aliphatic rings. The molecule has 0 radical (unpaired) electrons. The maximum atomic E-state index is 12.4. The standard InChI is InChI=1S/C24H24N2O6/c1-24(2,3)17-6-8-19(29-4)18(11-17)26-22(27)13-30-23(28)16(12-25)9-15-5-7-20-21(10-15)32-14-31-20/h5-11H,13-14H2,1-4H3,(H,26,27). The molecule has 32 heavy (non-hydrogen) atoms. The lowest BCUT2D eigenvalue weighted by atomic mass is 9.87. The van der Waals surface area contributed by atoms with Crippen molar-refractivity contribution in [3.8, 4) is 23.3 Å². The molecule has 0 bridgehead atoms. The molecule has 1 N–H and O–H groups in total. The van der Waals surface area contributed by atoms with Gasteiger partial charge in [-0.25, -0.2) is 4.79 Å². The Hall–Kier alpha value is -3.99. The summed E-state index contributed by atoms with van der Waals surface area (Å²) in [5.41, 5.74) is 1.67. The molecular formula is C24H24N2O6. The summed E-state index contributed by atoms with van der Waals surface area (Å²) in [5, 5.41) is 12.0. The number of nitrogens with zero attached hydrogens (tertiary/aromatic N) is 1. The minimum absolute atomic E-state index is 0.119. The van der Waals surface area contributed by atoms with Crippen molar-refractivity contribution in [2.45, 2.75) is 26.2 Å². The second-order valence-electron chi connectivity index (χ2n) is 8.07. The number of hydrogen-bond donors (Lipinski definition) is 1. The first kappa shape index (κ1) is 22.7. The van der Waals surface area contributed by atoms with Gasteiger partial charge in [0, 0.05) is 0 Å². The lowest BCUT2D eigenvalue weighted by Crippen LogP contribution is -2.22. The fourth-order valence-corrected chi connectivity index (χ4v) is 2.97. The summed E-state index contributed by atoms with van der Waals surface area (Å²) >= 11 is 0. The van der Waals surface area contributed by atoms with Crippen molar-refractivity contribution in [2.75, 3.05) is 25.8 Å². The molecule has 0 saturated carbocycles. The van der Waals surface area contributed by atoms with Gasteiger partial charge in [-0.05, 0) is 46.9 Å². The Kier molecular flexibility index (Phi) is 6.69. The Bertz CT molecular complexity index is 1110. The Morgan fingerprint density at radius 3 is 2.59 bits per heavy atom. The number of amides is 1. The number of hydrogen-bond acceptors (Lipinski definition) is 7. The van der Waals surface area contributed by atoms with Crippen molar-refractivity contribution in [2.24, 2.45) is 0 Å². The van der Waals surface area contributed by atoms with Crippen LogP contribution in [-0.4, -0.2) is 32.4 Å². The van der Waals surface area contributed by atoms with Crippen LogP contribution in [0.4, 0.5) is 5.69 Å². The molecule has 3 rings (SSSR count). The number of fused-ring (bicyclic) bond motifs is 1. The van der Waals surface area contributed by atoms with E-state index in [4.69, 9.17) is 18.9 Å². The molecule has 0 spiro atoms. The summed E-state index contributed by atoms with van der Waals surface area (Å²) in [6.45, 7) is 5.73. The molecule has 8 nitrogen and oxygen atoms in total. The first-order valence-corrected chi connectivity index (χ1v) is 9.88. The van der Waals surface area contributed by atoms with Crippen molar-refractivity contribution in [1.29, 1.82) is 5.26 Å². The highest BCUT2D eigenvalue weighted by Gasteiger charge is 2.19. The monoisotopic (exact) mass is 436 g/mol. The summed E-state index contributed by atoms with van der Waals surface area (Å²) < 4.78 is 20.8. The quantitative estimate of drug-likeness (QED) is 0.417. The van der Waals surface area contributed by atoms with Gasteiger partial charge in [0.2, 0.25) is 6.79 Å². The molecule has 2 aromatic carbocycles. The van der Waals surface area contributed by atoms with Crippen molar-refractivity contribution in [1.82, 2.24) is 0 Å². The fraction of sp³-hybridized carbons (Fsp3) is 0.292. The van der Waals surface area contributed by atoms with Crippen LogP contribution in [-0.2, 0) is 19.7 Å². The second kappa shape index (κ2) is 9.43. The summed E-state index contributed by atoms with van der Waals surface area (Å²) in [4.78, 5) is 24.7. The van der Waals surface area contributed by atoms with Crippen LogP contribution in [0.1, 0.15) is 31.9 Å². The zero-order valence-electron chi connectivity index (χ0n) is 18.4. The molecule has 1 heterocycles. The van der Waals surface area contributed by atoms with Gasteiger partial charge in [0.15, 0.2) is 18.1 Å². The van der Waals surface area contributed by atoms with E-state index < -0.39 is 18.5 Å². The largest absolute Gasteiger partial charge is 0.495 e. The van der Waals surface area contributed by atoms with Gasteiger partial charge in [-0.2, -0.15) is 5.26 Å². The number of carbonyl (C=O) groups is 2. The van der Waals surface area contributed by atoms with E-state index in [0.717, 1.165) is 5.56 Å². The highest BCUT2D eigenvalue weighted by atomic mass is 16.7. The van der Waals surface area contributed by atoms with E-state index in [1.165, 1.54) is 13.2 Å². The summed E-state index contributed by atoms with van der Waals surface area (Å²) in [5.74, 6) is 0.137. The number of ether oxygens (including phenoxy) is 4. The summed E-state index contributed by atoms with van der Waals surface area (Å²) in [6.07, 6.45) is 1.36. The van der Waals surface area contributed by atoms with Gasteiger partial charge in [0.1, 0.15) is 17.4 Å². The minimum atomic E-state index is -0.907. The Labute approximate surface area is 186 Å². The number of rotatable bonds is 6. The maximum Gasteiger partial charge on any atom is 0.349 e. The second-order valence-corrected chi connectivity index (χ2v) is 8.07. The molecule has 0 unspecified atom stereocenters. The lowest BCUT2D eigenvalue weighted by Gasteiger charge is -2.21. The Morgan fingerprint density at radius 2 is 1.91 bits per heavy atom.